The van der Waals surface area contributed by atoms with Gasteiger partial charge in [-0.1, -0.05) is 24.3 Å². The molecule has 19 heavy (non-hydrogen) atoms. The number of fused-ring (bicyclic) bond motifs is 1. The predicted molar refractivity (Wildman–Crippen MR) is 79.4 cm³/mol. The molecule has 3 heteroatoms. The zero-order valence-electron chi connectivity index (χ0n) is 11.9. The Kier molecular flexibility index (Phi) is 4.88. The van der Waals surface area contributed by atoms with Crippen LogP contribution in [0.2, 0.25) is 0 Å². The second-order valence-corrected chi connectivity index (χ2v) is 4.97. The Morgan fingerprint density at radius 3 is 2.74 bits per heavy atom. The largest absolute Gasteiger partial charge is 0.382 e. The van der Waals surface area contributed by atoms with Crippen molar-refractivity contribution in [1.82, 2.24) is 10.3 Å². The first-order valence-corrected chi connectivity index (χ1v) is 6.77. The molecule has 2 rings (SSSR count). The Morgan fingerprint density at radius 2 is 2.00 bits per heavy atom. The first-order valence-electron chi connectivity index (χ1n) is 6.77. The molecule has 102 valence electrons. The zero-order valence-corrected chi connectivity index (χ0v) is 11.9. The van der Waals surface area contributed by atoms with Crippen molar-refractivity contribution in [2.75, 3.05) is 14.2 Å². The van der Waals surface area contributed by atoms with Crippen LogP contribution < -0.4 is 5.32 Å². The second-order valence-electron chi connectivity index (χ2n) is 4.97. The molecule has 0 saturated carbocycles. The summed E-state index contributed by atoms with van der Waals surface area (Å²) in [6, 6.07) is 12.9. The number of likely N-dealkylation sites (N-methyl/N-ethyl adjacent to an activating group) is 1. The number of benzene rings is 1. The SMILES string of the molecule is CNC(Cc1ccc2ccccc2n1)CC(C)OC. The van der Waals surface area contributed by atoms with Gasteiger partial charge in [0.1, 0.15) is 0 Å². The minimum Gasteiger partial charge on any atom is -0.382 e. The normalized spacial score (nSPS) is 14.5. The summed E-state index contributed by atoms with van der Waals surface area (Å²) >= 11 is 0. The first kappa shape index (κ1) is 14.0. The van der Waals surface area contributed by atoms with Crippen molar-refractivity contribution >= 4 is 10.9 Å². The van der Waals surface area contributed by atoms with E-state index >= 15 is 0 Å². The highest BCUT2D eigenvalue weighted by Crippen LogP contribution is 2.14. The molecule has 1 aromatic heterocycles. The summed E-state index contributed by atoms with van der Waals surface area (Å²) in [4.78, 5) is 4.72. The van der Waals surface area contributed by atoms with E-state index in [1.807, 2.05) is 19.2 Å². The number of hydrogen-bond donors (Lipinski definition) is 1. The third-order valence-corrected chi connectivity index (χ3v) is 3.54. The molecule has 0 aliphatic heterocycles. The van der Waals surface area contributed by atoms with Crippen LogP contribution in [0.15, 0.2) is 36.4 Å². The van der Waals surface area contributed by atoms with Crippen molar-refractivity contribution in [3.63, 3.8) is 0 Å². The minimum absolute atomic E-state index is 0.262. The van der Waals surface area contributed by atoms with Gasteiger partial charge in [0, 0.05) is 30.7 Å². The van der Waals surface area contributed by atoms with Crippen LogP contribution in [-0.4, -0.2) is 31.3 Å². The maximum absolute atomic E-state index is 5.33. The van der Waals surface area contributed by atoms with E-state index < -0.39 is 0 Å². The minimum atomic E-state index is 0.262. The second kappa shape index (κ2) is 6.64. The van der Waals surface area contributed by atoms with Crippen LogP contribution in [0.1, 0.15) is 19.0 Å². The van der Waals surface area contributed by atoms with Gasteiger partial charge in [-0.05, 0) is 32.5 Å². The first-order chi connectivity index (χ1) is 9.22. The fourth-order valence-electron chi connectivity index (χ4n) is 2.27. The van der Waals surface area contributed by atoms with Gasteiger partial charge < -0.3 is 10.1 Å². The molecule has 0 amide bonds. The van der Waals surface area contributed by atoms with Crippen LogP contribution in [0.5, 0.6) is 0 Å². The summed E-state index contributed by atoms with van der Waals surface area (Å²) in [6.45, 7) is 2.10. The Morgan fingerprint density at radius 1 is 1.21 bits per heavy atom. The molecule has 0 bridgehead atoms. The molecule has 1 N–H and O–H groups in total. The highest BCUT2D eigenvalue weighted by Gasteiger charge is 2.12. The summed E-state index contributed by atoms with van der Waals surface area (Å²) in [7, 11) is 3.75. The van der Waals surface area contributed by atoms with Crippen molar-refractivity contribution < 1.29 is 4.74 Å². The molecule has 0 fully saturated rings. The summed E-state index contributed by atoms with van der Waals surface area (Å²) in [5.74, 6) is 0. The van der Waals surface area contributed by atoms with Gasteiger partial charge in [-0.3, -0.25) is 4.98 Å². The fourth-order valence-corrected chi connectivity index (χ4v) is 2.27. The van der Waals surface area contributed by atoms with E-state index in [2.05, 4.69) is 36.5 Å². The van der Waals surface area contributed by atoms with Gasteiger partial charge in [-0.15, -0.1) is 0 Å². The number of nitrogens with zero attached hydrogens (tertiary/aromatic N) is 1. The van der Waals surface area contributed by atoms with Crippen LogP contribution >= 0.6 is 0 Å². The molecular weight excluding hydrogens is 236 g/mol. The Labute approximate surface area is 115 Å². The third-order valence-electron chi connectivity index (χ3n) is 3.54. The van der Waals surface area contributed by atoms with Crippen LogP contribution in [0.3, 0.4) is 0 Å². The predicted octanol–water partition coefficient (Wildman–Crippen LogP) is 2.79. The lowest BCUT2D eigenvalue weighted by atomic mass is 10.0. The van der Waals surface area contributed by atoms with Gasteiger partial charge in [0.05, 0.1) is 11.6 Å². The van der Waals surface area contributed by atoms with Gasteiger partial charge in [-0.2, -0.15) is 0 Å². The number of hydrogen-bond acceptors (Lipinski definition) is 3. The summed E-state index contributed by atoms with van der Waals surface area (Å²) in [6.07, 6.45) is 2.18. The van der Waals surface area contributed by atoms with Crippen molar-refractivity contribution in [2.24, 2.45) is 0 Å². The van der Waals surface area contributed by atoms with Crippen LogP contribution in [-0.2, 0) is 11.2 Å². The molecule has 3 nitrogen and oxygen atoms in total. The van der Waals surface area contributed by atoms with E-state index in [9.17, 15) is 0 Å². The number of para-hydroxylation sites is 1. The lowest BCUT2D eigenvalue weighted by Crippen LogP contribution is -2.31. The highest BCUT2D eigenvalue weighted by atomic mass is 16.5. The maximum Gasteiger partial charge on any atom is 0.0705 e. The van der Waals surface area contributed by atoms with E-state index in [-0.39, 0.29) is 6.10 Å². The van der Waals surface area contributed by atoms with E-state index in [1.54, 1.807) is 7.11 Å². The fraction of sp³-hybridized carbons (Fsp3) is 0.438. The average Bonchev–Trinajstić information content (AvgIpc) is 2.46. The van der Waals surface area contributed by atoms with E-state index in [0.29, 0.717) is 6.04 Å². The third kappa shape index (κ3) is 3.75. The number of nitrogens with one attached hydrogen (secondary N) is 1. The van der Waals surface area contributed by atoms with Crippen LogP contribution in [0.4, 0.5) is 0 Å². The molecule has 2 unspecified atom stereocenters. The average molecular weight is 258 g/mol. The molecule has 0 spiro atoms. The van der Waals surface area contributed by atoms with Crippen molar-refractivity contribution in [3.8, 4) is 0 Å². The summed E-state index contributed by atoms with van der Waals surface area (Å²) in [5.41, 5.74) is 2.19. The lowest BCUT2D eigenvalue weighted by Gasteiger charge is -2.19. The topological polar surface area (TPSA) is 34.2 Å². The van der Waals surface area contributed by atoms with Gasteiger partial charge in [0.15, 0.2) is 0 Å². The van der Waals surface area contributed by atoms with Crippen molar-refractivity contribution in [1.29, 1.82) is 0 Å². The summed E-state index contributed by atoms with van der Waals surface area (Å²) < 4.78 is 5.33. The molecular formula is C16H22N2O. The molecule has 0 aliphatic rings. The number of pyridine rings is 1. The van der Waals surface area contributed by atoms with E-state index in [0.717, 1.165) is 24.1 Å². The number of methoxy groups -OCH3 is 1. The molecule has 1 aromatic carbocycles. The van der Waals surface area contributed by atoms with Gasteiger partial charge in [-0.25, -0.2) is 0 Å². The van der Waals surface area contributed by atoms with Gasteiger partial charge in [0.2, 0.25) is 0 Å². The number of rotatable bonds is 6. The highest BCUT2D eigenvalue weighted by molar-refractivity contribution is 5.78. The molecule has 1 heterocycles. The monoisotopic (exact) mass is 258 g/mol. The van der Waals surface area contributed by atoms with Crippen molar-refractivity contribution in [2.45, 2.75) is 31.9 Å². The van der Waals surface area contributed by atoms with Crippen LogP contribution in [0.25, 0.3) is 10.9 Å². The summed E-state index contributed by atoms with van der Waals surface area (Å²) in [5, 5.41) is 4.54. The standard InChI is InChI=1S/C16H22N2O/c1-12(19-3)10-15(17-2)11-14-9-8-13-6-4-5-7-16(13)18-14/h4-9,12,15,17H,10-11H2,1-3H3. The van der Waals surface area contributed by atoms with Gasteiger partial charge >= 0.3 is 0 Å². The molecule has 0 radical (unpaired) electrons. The maximum atomic E-state index is 5.33. The van der Waals surface area contributed by atoms with Crippen LogP contribution in [0, 0.1) is 0 Å². The Hall–Kier alpha value is -1.45. The molecule has 0 aliphatic carbocycles. The Bertz CT molecular complexity index is 527. The number of ether oxygens (including phenoxy) is 1. The van der Waals surface area contributed by atoms with Gasteiger partial charge in [0.25, 0.3) is 0 Å². The zero-order chi connectivity index (χ0) is 13.7. The quantitative estimate of drug-likeness (QED) is 0.865. The van der Waals surface area contributed by atoms with E-state index in [4.69, 9.17) is 9.72 Å². The Balaban J connectivity index is 2.10. The van der Waals surface area contributed by atoms with E-state index in [1.165, 1.54) is 5.39 Å². The smallest absolute Gasteiger partial charge is 0.0705 e. The lowest BCUT2D eigenvalue weighted by molar-refractivity contribution is 0.101. The molecule has 0 saturated heterocycles. The molecule has 2 aromatic rings. The van der Waals surface area contributed by atoms with Crippen molar-refractivity contribution in [3.05, 3.63) is 42.1 Å². The molecule has 2 atom stereocenters. The number of aromatic nitrogens is 1.